The molecule has 4 heteroatoms. The van der Waals surface area contributed by atoms with Gasteiger partial charge in [-0.1, -0.05) is 24.6 Å². The van der Waals surface area contributed by atoms with Crippen molar-refractivity contribution in [1.29, 1.82) is 0 Å². The van der Waals surface area contributed by atoms with Crippen LogP contribution >= 0.6 is 11.6 Å². The number of benzene rings is 1. The number of rotatable bonds is 9. The van der Waals surface area contributed by atoms with Crippen molar-refractivity contribution in [2.75, 3.05) is 26.9 Å². The second-order valence-corrected chi connectivity index (χ2v) is 4.54. The lowest BCUT2D eigenvalue weighted by Crippen LogP contribution is -2.16. The lowest BCUT2D eigenvalue weighted by Gasteiger charge is -2.09. The molecule has 0 aromatic heterocycles. The van der Waals surface area contributed by atoms with Crippen LogP contribution in [0.3, 0.4) is 0 Å². The van der Waals surface area contributed by atoms with E-state index in [9.17, 15) is 0 Å². The van der Waals surface area contributed by atoms with Crippen LogP contribution in [0.15, 0.2) is 18.2 Å². The highest BCUT2D eigenvalue weighted by molar-refractivity contribution is 6.32. The van der Waals surface area contributed by atoms with E-state index >= 15 is 0 Å². The second-order valence-electron chi connectivity index (χ2n) is 4.14. The van der Waals surface area contributed by atoms with E-state index in [1.807, 2.05) is 18.2 Å². The fraction of sp³-hybridized carbons (Fsp3) is 0.571. The van der Waals surface area contributed by atoms with E-state index in [0.717, 1.165) is 38.3 Å². The predicted octanol–water partition coefficient (Wildman–Crippen LogP) is 3.25. The molecule has 1 aromatic carbocycles. The van der Waals surface area contributed by atoms with E-state index in [0.29, 0.717) is 11.6 Å². The fourth-order valence-corrected chi connectivity index (χ4v) is 1.82. The van der Waals surface area contributed by atoms with Crippen molar-refractivity contribution in [2.24, 2.45) is 0 Å². The SMILES string of the molecule is CCCOc1ccc(CNCCCOC)cc1Cl. The van der Waals surface area contributed by atoms with Gasteiger partial charge in [-0.25, -0.2) is 0 Å². The summed E-state index contributed by atoms with van der Waals surface area (Å²) >= 11 is 6.15. The van der Waals surface area contributed by atoms with Crippen LogP contribution in [-0.2, 0) is 11.3 Å². The largest absolute Gasteiger partial charge is 0.492 e. The lowest BCUT2D eigenvalue weighted by molar-refractivity contribution is 0.194. The third-order valence-corrected chi connectivity index (χ3v) is 2.78. The summed E-state index contributed by atoms with van der Waals surface area (Å²) in [5.41, 5.74) is 1.17. The van der Waals surface area contributed by atoms with Crippen LogP contribution in [-0.4, -0.2) is 26.9 Å². The van der Waals surface area contributed by atoms with Gasteiger partial charge in [0.2, 0.25) is 0 Å². The van der Waals surface area contributed by atoms with Gasteiger partial charge in [-0.2, -0.15) is 0 Å². The first-order valence-corrected chi connectivity index (χ1v) is 6.76. The fourth-order valence-electron chi connectivity index (χ4n) is 1.56. The molecule has 0 fully saturated rings. The van der Waals surface area contributed by atoms with Crippen molar-refractivity contribution in [3.8, 4) is 5.75 Å². The van der Waals surface area contributed by atoms with E-state index in [2.05, 4.69) is 12.2 Å². The molecule has 1 N–H and O–H groups in total. The highest BCUT2D eigenvalue weighted by Gasteiger charge is 2.02. The van der Waals surface area contributed by atoms with Crippen molar-refractivity contribution < 1.29 is 9.47 Å². The zero-order valence-electron chi connectivity index (χ0n) is 11.2. The summed E-state index contributed by atoms with van der Waals surface area (Å²) in [5, 5.41) is 4.03. The summed E-state index contributed by atoms with van der Waals surface area (Å²) in [6.45, 7) is 5.33. The Hall–Kier alpha value is -0.770. The van der Waals surface area contributed by atoms with E-state index in [-0.39, 0.29) is 0 Å². The van der Waals surface area contributed by atoms with Crippen molar-refractivity contribution in [3.05, 3.63) is 28.8 Å². The lowest BCUT2D eigenvalue weighted by atomic mass is 10.2. The van der Waals surface area contributed by atoms with Gasteiger partial charge in [0.25, 0.3) is 0 Å². The molecule has 1 aromatic rings. The van der Waals surface area contributed by atoms with Gasteiger partial charge in [0, 0.05) is 20.3 Å². The molecule has 0 saturated heterocycles. The van der Waals surface area contributed by atoms with Crippen molar-refractivity contribution in [2.45, 2.75) is 26.3 Å². The number of halogens is 1. The molecule has 0 aliphatic rings. The van der Waals surface area contributed by atoms with Crippen LogP contribution in [0.5, 0.6) is 5.75 Å². The molecule has 0 bridgehead atoms. The molecule has 3 nitrogen and oxygen atoms in total. The van der Waals surface area contributed by atoms with Crippen LogP contribution in [0.4, 0.5) is 0 Å². The molecule has 1 rings (SSSR count). The van der Waals surface area contributed by atoms with E-state index in [1.54, 1.807) is 7.11 Å². The minimum absolute atomic E-state index is 0.680. The van der Waals surface area contributed by atoms with Crippen LogP contribution < -0.4 is 10.1 Å². The molecule has 18 heavy (non-hydrogen) atoms. The Morgan fingerprint density at radius 1 is 1.28 bits per heavy atom. The average Bonchev–Trinajstić information content (AvgIpc) is 2.37. The summed E-state index contributed by atoms with van der Waals surface area (Å²) in [4.78, 5) is 0. The van der Waals surface area contributed by atoms with Crippen LogP contribution in [0.25, 0.3) is 0 Å². The predicted molar refractivity (Wildman–Crippen MR) is 75.4 cm³/mol. The topological polar surface area (TPSA) is 30.5 Å². The van der Waals surface area contributed by atoms with Crippen molar-refractivity contribution in [1.82, 2.24) is 5.32 Å². The maximum atomic E-state index is 6.15. The normalized spacial score (nSPS) is 10.6. The zero-order chi connectivity index (χ0) is 13.2. The van der Waals surface area contributed by atoms with Crippen LogP contribution in [0.1, 0.15) is 25.3 Å². The van der Waals surface area contributed by atoms with Gasteiger partial charge in [0.1, 0.15) is 5.75 Å². The minimum atomic E-state index is 0.680. The zero-order valence-corrected chi connectivity index (χ0v) is 11.9. The van der Waals surface area contributed by atoms with Crippen molar-refractivity contribution >= 4 is 11.6 Å². The number of hydrogen-bond acceptors (Lipinski definition) is 3. The smallest absolute Gasteiger partial charge is 0.137 e. The van der Waals surface area contributed by atoms with Crippen molar-refractivity contribution in [3.63, 3.8) is 0 Å². The quantitative estimate of drug-likeness (QED) is 0.700. The first kappa shape index (κ1) is 15.3. The maximum Gasteiger partial charge on any atom is 0.137 e. The number of ether oxygens (including phenoxy) is 2. The Bertz CT molecular complexity index is 345. The molecule has 0 heterocycles. The Morgan fingerprint density at radius 2 is 2.11 bits per heavy atom. The average molecular weight is 272 g/mol. The summed E-state index contributed by atoms with van der Waals surface area (Å²) < 4.78 is 10.5. The first-order chi connectivity index (χ1) is 8.77. The molecule has 0 aliphatic heterocycles. The van der Waals surface area contributed by atoms with Gasteiger partial charge in [-0.15, -0.1) is 0 Å². The standard InChI is InChI=1S/C14H22ClNO2/c1-3-8-18-14-6-5-12(10-13(14)15)11-16-7-4-9-17-2/h5-6,10,16H,3-4,7-9,11H2,1-2H3. The minimum Gasteiger partial charge on any atom is -0.492 e. The summed E-state index contributed by atoms with van der Waals surface area (Å²) in [6.07, 6.45) is 2.00. The Kier molecular flexibility index (Phi) is 7.81. The molecule has 0 amide bonds. The number of hydrogen-bond donors (Lipinski definition) is 1. The Morgan fingerprint density at radius 3 is 2.78 bits per heavy atom. The molecule has 0 spiro atoms. The number of methoxy groups -OCH3 is 1. The molecule has 0 unspecified atom stereocenters. The summed E-state index contributed by atoms with van der Waals surface area (Å²) in [7, 11) is 1.72. The molecular weight excluding hydrogens is 250 g/mol. The molecule has 102 valence electrons. The molecule has 0 atom stereocenters. The maximum absolute atomic E-state index is 6.15. The monoisotopic (exact) mass is 271 g/mol. The van der Waals surface area contributed by atoms with Gasteiger partial charge < -0.3 is 14.8 Å². The van der Waals surface area contributed by atoms with Gasteiger partial charge in [-0.3, -0.25) is 0 Å². The highest BCUT2D eigenvalue weighted by atomic mass is 35.5. The summed E-state index contributed by atoms with van der Waals surface area (Å²) in [5.74, 6) is 0.765. The number of nitrogens with one attached hydrogen (secondary N) is 1. The third kappa shape index (κ3) is 5.71. The molecule has 0 saturated carbocycles. The van der Waals surface area contributed by atoms with Gasteiger partial charge in [0.05, 0.1) is 11.6 Å². The summed E-state index contributed by atoms with van der Waals surface area (Å²) in [6, 6.07) is 5.93. The first-order valence-electron chi connectivity index (χ1n) is 6.38. The van der Waals surface area contributed by atoms with Gasteiger partial charge in [0.15, 0.2) is 0 Å². The Labute approximate surface area is 114 Å². The van der Waals surface area contributed by atoms with Gasteiger partial charge >= 0.3 is 0 Å². The molecule has 0 radical (unpaired) electrons. The van der Waals surface area contributed by atoms with Crippen LogP contribution in [0, 0.1) is 0 Å². The molecule has 0 aliphatic carbocycles. The van der Waals surface area contributed by atoms with Gasteiger partial charge in [-0.05, 0) is 37.1 Å². The second kappa shape index (κ2) is 9.20. The molecular formula is C14H22ClNO2. The Balaban J connectivity index is 2.36. The highest BCUT2D eigenvalue weighted by Crippen LogP contribution is 2.25. The van der Waals surface area contributed by atoms with E-state index in [1.165, 1.54) is 5.56 Å². The third-order valence-electron chi connectivity index (χ3n) is 2.49. The van der Waals surface area contributed by atoms with E-state index in [4.69, 9.17) is 21.1 Å². The van der Waals surface area contributed by atoms with Crippen LogP contribution in [0.2, 0.25) is 5.02 Å². The van der Waals surface area contributed by atoms with E-state index < -0.39 is 0 Å².